The fourth-order valence-electron chi connectivity index (χ4n) is 1.86. The van der Waals surface area contributed by atoms with Crippen LogP contribution in [-0.4, -0.2) is 17.3 Å². The summed E-state index contributed by atoms with van der Waals surface area (Å²) in [6.45, 7) is 1.73. The van der Waals surface area contributed by atoms with Gasteiger partial charge in [-0.3, -0.25) is 4.79 Å². The SMILES string of the molecule is Cc1nc(Cl)ccc1CC(=O)Nc1ccc(OC(F)(F)F)cc1. The highest BCUT2D eigenvalue weighted by Gasteiger charge is 2.30. The second-order valence-electron chi connectivity index (χ2n) is 4.68. The summed E-state index contributed by atoms with van der Waals surface area (Å²) < 4.78 is 39.9. The maximum Gasteiger partial charge on any atom is 0.573 e. The van der Waals surface area contributed by atoms with Crippen LogP contribution in [0.5, 0.6) is 5.75 Å². The number of carbonyl (C=O) groups excluding carboxylic acids is 1. The van der Waals surface area contributed by atoms with Gasteiger partial charge in [-0.05, 0) is 42.8 Å². The number of nitrogens with zero attached hydrogens (tertiary/aromatic N) is 1. The maximum absolute atomic E-state index is 12.1. The Morgan fingerprint density at radius 1 is 1.22 bits per heavy atom. The van der Waals surface area contributed by atoms with E-state index in [-0.39, 0.29) is 18.1 Å². The zero-order valence-electron chi connectivity index (χ0n) is 11.9. The Balaban J connectivity index is 1.97. The molecule has 1 heterocycles. The van der Waals surface area contributed by atoms with Crippen molar-refractivity contribution in [2.24, 2.45) is 0 Å². The van der Waals surface area contributed by atoms with Gasteiger partial charge in [0, 0.05) is 11.4 Å². The third-order valence-corrected chi connectivity index (χ3v) is 3.09. The maximum atomic E-state index is 12.1. The van der Waals surface area contributed by atoms with E-state index in [1.807, 2.05) is 0 Å². The third-order valence-electron chi connectivity index (χ3n) is 2.88. The summed E-state index contributed by atoms with van der Waals surface area (Å²) in [5, 5.41) is 2.93. The second kappa shape index (κ2) is 6.87. The van der Waals surface area contributed by atoms with Crippen molar-refractivity contribution in [3.05, 3.63) is 52.8 Å². The van der Waals surface area contributed by atoms with Crippen molar-refractivity contribution in [3.8, 4) is 5.75 Å². The number of benzene rings is 1. The summed E-state index contributed by atoms with van der Waals surface area (Å²) in [5.74, 6) is -0.671. The number of aromatic nitrogens is 1. The van der Waals surface area contributed by atoms with Gasteiger partial charge in [-0.1, -0.05) is 17.7 Å². The molecule has 2 rings (SSSR count). The van der Waals surface area contributed by atoms with Crippen LogP contribution in [-0.2, 0) is 11.2 Å². The van der Waals surface area contributed by atoms with E-state index in [2.05, 4.69) is 15.0 Å². The highest BCUT2D eigenvalue weighted by molar-refractivity contribution is 6.29. The summed E-state index contributed by atoms with van der Waals surface area (Å²) in [6, 6.07) is 8.18. The smallest absolute Gasteiger partial charge is 0.406 e. The Kier molecular flexibility index (Phi) is 5.10. The lowest BCUT2D eigenvalue weighted by atomic mass is 10.1. The van der Waals surface area contributed by atoms with E-state index in [9.17, 15) is 18.0 Å². The van der Waals surface area contributed by atoms with Crippen LogP contribution in [0.3, 0.4) is 0 Å². The molecule has 0 unspecified atom stereocenters. The van der Waals surface area contributed by atoms with E-state index >= 15 is 0 Å². The molecule has 1 aromatic carbocycles. The zero-order valence-corrected chi connectivity index (χ0v) is 12.7. The lowest BCUT2D eigenvalue weighted by Gasteiger charge is -2.10. The van der Waals surface area contributed by atoms with Gasteiger partial charge in [0.05, 0.1) is 6.42 Å². The molecule has 2 aromatic rings. The number of pyridine rings is 1. The Morgan fingerprint density at radius 2 is 1.87 bits per heavy atom. The average Bonchev–Trinajstić information content (AvgIpc) is 2.42. The number of hydrogen-bond acceptors (Lipinski definition) is 3. The molecule has 0 radical (unpaired) electrons. The number of hydrogen-bond donors (Lipinski definition) is 1. The lowest BCUT2D eigenvalue weighted by Crippen LogP contribution is -2.17. The number of carbonyl (C=O) groups is 1. The predicted octanol–water partition coefficient (Wildman–Crippen LogP) is 4.12. The number of amides is 1. The first kappa shape index (κ1) is 17.1. The minimum atomic E-state index is -4.75. The van der Waals surface area contributed by atoms with Gasteiger partial charge in [0.25, 0.3) is 0 Å². The Labute approximate surface area is 135 Å². The molecule has 0 spiro atoms. The monoisotopic (exact) mass is 344 g/mol. The minimum absolute atomic E-state index is 0.0802. The van der Waals surface area contributed by atoms with Gasteiger partial charge in [-0.25, -0.2) is 4.98 Å². The average molecular weight is 345 g/mol. The van der Waals surface area contributed by atoms with Crippen LogP contribution < -0.4 is 10.1 Å². The Bertz CT molecular complexity index is 703. The molecule has 23 heavy (non-hydrogen) atoms. The summed E-state index contributed by atoms with van der Waals surface area (Å²) in [7, 11) is 0. The fraction of sp³-hybridized carbons (Fsp3) is 0.200. The number of alkyl halides is 3. The Hall–Kier alpha value is -2.28. The molecular formula is C15H12ClF3N2O2. The van der Waals surface area contributed by atoms with Crippen molar-refractivity contribution in [1.82, 2.24) is 4.98 Å². The van der Waals surface area contributed by atoms with Gasteiger partial charge in [-0.15, -0.1) is 13.2 Å². The quantitative estimate of drug-likeness (QED) is 0.849. The Morgan fingerprint density at radius 3 is 2.43 bits per heavy atom. The molecule has 122 valence electrons. The summed E-state index contributed by atoms with van der Waals surface area (Å²) >= 11 is 5.74. The van der Waals surface area contributed by atoms with Crippen molar-refractivity contribution in [2.45, 2.75) is 19.7 Å². The highest BCUT2D eigenvalue weighted by Crippen LogP contribution is 2.24. The van der Waals surface area contributed by atoms with Gasteiger partial charge in [0.1, 0.15) is 10.9 Å². The van der Waals surface area contributed by atoms with Crippen LogP contribution in [0, 0.1) is 6.92 Å². The first-order chi connectivity index (χ1) is 10.7. The van der Waals surface area contributed by atoms with Gasteiger partial charge in [0.2, 0.25) is 5.91 Å². The topological polar surface area (TPSA) is 51.2 Å². The van der Waals surface area contributed by atoms with Gasteiger partial charge in [-0.2, -0.15) is 0 Å². The molecule has 1 amide bonds. The van der Waals surface area contributed by atoms with E-state index in [1.165, 1.54) is 12.1 Å². The zero-order chi connectivity index (χ0) is 17.0. The van der Waals surface area contributed by atoms with Crippen LogP contribution in [0.1, 0.15) is 11.3 Å². The van der Waals surface area contributed by atoms with Gasteiger partial charge >= 0.3 is 6.36 Å². The normalized spacial score (nSPS) is 11.2. The number of ether oxygens (including phenoxy) is 1. The van der Waals surface area contributed by atoms with Crippen LogP contribution in [0.25, 0.3) is 0 Å². The molecule has 0 aliphatic carbocycles. The van der Waals surface area contributed by atoms with Gasteiger partial charge < -0.3 is 10.1 Å². The van der Waals surface area contributed by atoms with Crippen molar-refractivity contribution in [1.29, 1.82) is 0 Å². The second-order valence-corrected chi connectivity index (χ2v) is 5.06. The molecular weight excluding hydrogens is 333 g/mol. The first-order valence-corrected chi connectivity index (χ1v) is 6.88. The van der Waals surface area contributed by atoms with Crippen LogP contribution >= 0.6 is 11.6 Å². The predicted molar refractivity (Wildman–Crippen MR) is 79.4 cm³/mol. The largest absolute Gasteiger partial charge is 0.573 e. The van der Waals surface area contributed by atoms with Crippen molar-refractivity contribution in [2.75, 3.05) is 5.32 Å². The molecule has 0 aliphatic rings. The molecule has 1 aromatic heterocycles. The molecule has 4 nitrogen and oxygen atoms in total. The van der Waals surface area contributed by atoms with Crippen LogP contribution in [0.15, 0.2) is 36.4 Å². The van der Waals surface area contributed by atoms with E-state index < -0.39 is 6.36 Å². The summed E-state index contributed by atoms with van der Waals surface area (Å²) in [5.41, 5.74) is 1.72. The molecule has 1 N–H and O–H groups in total. The van der Waals surface area contributed by atoms with Gasteiger partial charge in [0.15, 0.2) is 0 Å². The van der Waals surface area contributed by atoms with Crippen LogP contribution in [0.4, 0.5) is 18.9 Å². The molecule has 0 fully saturated rings. The summed E-state index contributed by atoms with van der Waals surface area (Å²) in [4.78, 5) is 16.0. The van der Waals surface area contributed by atoms with Crippen molar-refractivity contribution in [3.63, 3.8) is 0 Å². The molecule has 0 saturated heterocycles. The molecule has 0 atom stereocenters. The number of halogens is 4. The lowest BCUT2D eigenvalue weighted by molar-refractivity contribution is -0.274. The van der Waals surface area contributed by atoms with E-state index in [0.717, 1.165) is 12.1 Å². The number of nitrogens with one attached hydrogen (secondary N) is 1. The molecule has 0 bridgehead atoms. The molecule has 0 aliphatic heterocycles. The fourth-order valence-corrected chi connectivity index (χ4v) is 2.05. The summed E-state index contributed by atoms with van der Waals surface area (Å²) in [6.07, 6.45) is -4.67. The van der Waals surface area contributed by atoms with E-state index in [1.54, 1.807) is 19.1 Å². The first-order valence-electron chi connectivity index (χ1n) is 6.50. The van der Waals surface area contributed by atoms with E-state index in [0.29, 0.717) is 22.1 Å². The number of anilines is 1. The minimum Gasteiger partial charge on any atom is -0.406 e. The standard InChI is InChI=1S/C15H12ClF3N2O2/c1-9-10(2-7-13(16)20-9)8-14(22)21-11-3-5-12(6-4-11)23-15(17,18)19/h2-7H,8H2,1H3,(H,21,22). The van der Waals surface area contributed by atoms with Crippen LogP contribution in [0.2, 0.25) is 5.15 Å². The van der Waals surface area contributed by atoms with Crippen molar-refractivity contribution >= 4 is 23.2 Å². The highest BCUT2D eigenvalue weighted by atomic mass is 35.5. The molecule has 8 heteroatoms. The van der Waals surface area contributed by atoms with Crippen molar-refractivity contribution < 1.29 is 22.7 Å². The molecule has 0 saturated carbocycles. The number of rotatable bonds is 4. The number of aryl methyl sites for hydroxylation is 1. The van der Waals surface area contributed by atoms with E-state index in [4.69, 9.17) is 11.6 Å². The third kappa shape index (κ3) is 5.45.